The summed E-state index contributed by atoms with van der Waals surface area (Å²) in [6.07, 6.45) is 0.643. The van der Waals surface area contributed by atoms with Crippen LogP contribution in [-0.4, -0.2) is 16.0 Å². The first-order valence-corrected chi connectivity index (χ1v) is 10.1. The smallest absolute Gasteiger partial charge is 0.227 e. The molecule has 0 aliphatic heterocycles. The van der Waals surface area contributed by atoms with E-state index in [-0.39, 0.29) is 12.3 Å². The monoisotopic (exact) mass is 405 g/mol. The van der Waals surface area contributed by atoms with Crippen LogP contribution in [0.2, 0.25) is 0 Å². The molecule has 0 fully saturated rings. The summed E-state index contributed by atoms with van der Waals surface area (Å²) < 4.78 is 11.0. The summed E-state index contributed by atoms with van der Waals surface area (Å²) in [5.74, 6) is 2.37. The Kier molecular flexibility index (Phi) is 5.67. The highest BCUT2D eigenvalue weighted by molar-refractivity contribution is 7.08. The molecule has 0 bridgehead atoms. The maximum absolute atomic E-state index is 12.2. The summed E-state index contributed by atoms with van der Waals surface area (Å²) in [6.45, 7) is 2.02. The second kappa shape index (κ2) is 8.70. The number of hydrogen-bond donors (Lipinski definition) is 1. The van der Waals surface area contributed by atoms with Gasteiger partial charge >= 0.3 is 0 Å². The SMILES string of the molecule is Cc1cccc(Oc2ccc(NC(=O)CCc3nc(-c4ccsc4)no3)cc2)c1. The molecule has 0 saturated carbocycles. The molecule has 7 heteroatoms. The molecule has 29 heavy (non-hydrogen) atoms. The summed E-state index contributed by atoms with van der Waals surface area (Å²) in [5, 5.41) is 10.7. The van der Waals surface area contributed by atoms with Gasteiger partial charge in [-0.3, -0.25) is 4.79 Å². The fraction of sp³-hybridized carbons (Fsp3) is 0.136. The van der Waals surface area contributed by atoms with Crippen LogP contribution in [0.3, 0.4) is 0 Å². The van der Waals surface area contributed by atoms with E-state index in [0.29, 0.717) is 29.6 Å². The van der Waals surface area contributed by atoms with Crippen molar-refractivity contribution in [3.8, 4) is 22.9 Å². The fourth-order valence-corrected chi connectivity index (χ4v) is 3.36. The summed E-state index contributed by atoms with van der Waals surface area (Å²) >= 11 is 1.57. The van der Waals surface area contributed by atoms with E-state index in [2.05, 4.69) is 15.5 Å². The van der Waals surface area contributed by atoms with Crippen molar-refractivity contribution in [2.75, 3.05) is 5.32 Å². The third kappa shape index (κ3) is 5.08. The number of nitrogens with zero attached hydrogens (tertiary/aromatic N) is 2. The predicted molar refractivity (Wildman–Crippen MR) is 112 cm³/mol. The van der Waals surface area contributed by atoms with Crippen LogP contribution < -0.4 is 10.1 Å². The zero-order valence-corrected chi connectivity index (χ0v) is 16.6. The largest absolute Gasteiger partial charge is 0.457 e. The van der Waals surface area contributed by atoms with Gasteiger partial charge in [-0.25, -0.2) is 0 Å². The first kappa shape index (κ1) is 18.9. The van der Waals surface area contributed by atoms with Gasteiger partial charge in [0.05, 0.1) is 0 Å². The third-order valence-corrected chi connectivity index (χ3v) is 4.86. The molecule has 2 heterocycles. The number of aryl methyl sites for hydroxylation is 2. The van der Waals surface area contributed by atoms with Gasteiger partial charge in [0, 0.05) is 29.5 Å². The number of amides is 1. The lowest BCUT2D eigenvalue weighted by Crippen LogP contribution is -2.12. The van der Waals surface area contributed by atoms with Crippen LogP contribution in [-0.2, 0) is 11.2 Å². The topological polar surface area (TPSA) is 77.2 Å². The van der Waals surface area contributed by atoms with Crippen LogP contribution in [0, 0.1) is 6.92 Å². The van der Waals surface area contributed by atoms with Gasteiger partial charge in [0.2, 0.25) is 17.6 Å². The van der Waals surface area contributed by atoms with Gasteiger partial charge < -0.3 is 14.6 Å². The molecule has 1 amide bonds. The maximum atomic E-state index is 12.2. The van der Waals surface area contributed by atoms with Gasteiger partial charge in [0.1, 0.15) is 11.5 Å². The minimum atomic E-state index is -0.118. The number of ether oxygens (including phenoxy) is 1. The molecule has 146 valence electrons. The van der Waals surface area contributed by atoms with Gasteiger partial charge in [0.15, 0.2) is 0 Å². The average Bonchev–Trinajstić information content (AvgIpc) is 3.40. The number of nitrogens with one attached hydrogen (secondary N) is 1. The molecular formula is C22H19N3O3S. The second-order valence-corrected chi connectivity index (χ2v) is 7.29. The van der Waals surface area contributed by atoms with Crippen LogP contribution in [0.4, 0.5) is 5.69 Å². The number of carbonyl (C=O) groups is 1. The van der Waals surface area contributed by atoms with E-state index in [4.69, 9.17) is 9.26 Å². The highest BCUT2D eigenvalue weighted by Gasteiger charge is 2.11. The van der Waals surface area contributed by atoms with Crippen molar-refractivity contribution in [2.24, 2.45) is 0 Å². The minimum absolute atomic E-state index is 0.118. The van der Waals surface area contributed by atoms with E-state index < -0.39 is 0 Å². The molecule has 0 unspecified atom stereocenters. The Balaban J connectivity index is 1.28. The number of hydrogen-bond acceptors (Lipinski definition) is 6. The summed E-state index contributed by atoms with van der Waals surface area (Å²) in [7, 11) is 0. The molecule has 2 aromatic carbocycles. The van der Waals surface area contributed by atoms with E-state index in [1.165, 1.54) is 0 Å². The molecule has 6 nitrogen and oxygen atoms in total. The van der Waals surface area contributed by atoms with Crippen molar-refractivity contribution in [2.45, 2.75) is 19.8 Å². The summed E-state index contributed by atoms with van der Waals surface area (Å²) in [5.41, 5.74) is 2.76. The first-order chi connectivity index (χ1) is 14.2. The molecule has 0 atom stereocenters. The highest BCUT2D eigenvalue weighted by atomic mass is 32.1. The number of thiophene rings is 1. The van der Waals surface area contributed by atoms with Crippen LogP contribution in [0.5, 0.6) is 11.5 Å². The molecule has 1 N–H and O–H groups in total. The number of anilines is 1. The van der Waals surface area contributed by atoms with Gasteiger partial charge in [-0.2, -0.15) is 16.3 Å². The zero-order chi connectivity index (χ0) is 20.1. The van der Waals surface area contributed by atoms with Gasteiger partial charge in [-0.1, -0.05) is 17.3 Å². The van der Waals surface area contributed by atoms with Gasteiger partial charge in [0.25, 0.3) is 0 Å². The van der Waals surface area contributed by atoms with Crippen LogP contribution in [0.15, 0.2) is 69.9 Å². The van der Waals surface area contributed by atoms with E-state index in [0.717, 1.165) is 16.9 Å². The summed E-state index contributed by atoms with van der Waals surface area (Å²) in [4.78, 5) is 16.5. The minimum Gasteiger partial charge on any atom is -0.457 e. The Morgan fingerprint density at radius 2 is 2.00 bits per heavy atom. The van der Waals surface area contributed by atoms with Crippen molar-refractivity contribution in [1.82, 2.24) is 10.1 Å². The van der Waals surface area contributed by atoms with Crippen molar-refractivity contribution in [3.05, 3.63) is 76.8 Å². The first-order valence-electron chi connectivity index (χ1n) is 9.15. The third-order valence-electron chi connectivity index (χ3n) is 4.18. The van der Waals surface area contributed by atoms with Crippen molar-refractivity contribution in [1.29, 1.82) is 0 Å². The Hall–Kier alpha value is -3.45. The number of rotatable bonds is 7. The molecule has 0 radical (unpaired) electrons. The summed E-state index contributed by atoms with van der Waals surface area (Å²) in [6, 6.07) is 17.0. The zero-order valence-electron chi connectivity index (χ0n) is 15.8. The lowest BCUT2D eigenvalue weighted by Gasteiger charge is -2.08. The van der Waals surface area contributed by atoms with Crippen molar-refractivity contribution < 1.29 is 14.1 Å². The molecule has 0 aliphatic carbocycles. The lowest BCUT2D eigenvalue weighted by molar-refractivity contribution is -0.116. The number of benzene rings is 2. The molecule has 4 aromatic rings. The van der Waals surface area contributed by atoms with E-state index in [9.17, 15) is 4.79 Å². The number of carbonyl (C=O) groups excluding carboxylic acids is 1. The quantitative estimate of drug-likeness (QED) is 0.441. The Bertz CT molecular complexity index is 1090. The molecule has 2 aromatic heterocycles. The van der Waals surface area contributed by atoms with Crippen molar-refractivity contribution >= 4 is 22.9 Å². The predicted octanol–water partition coefficient (Wildman–Crippen LogP) is 5.47. The Labute approximate surface area is 172 Å². The molecule has 4 rings (SSSR count). The normalized spacial score (nSPS) is 10.7. The van der Waals surface area contributed by atoms with Gasteiger partial charge in [-0.05, 0) is 60.3 Å². The lowest BCUT2D eigenvalue weighted by atomic mass is 10.2. The van der Waals surface area contributed by atoms with Crippen LogP contribution in [0.1, 0.15) is 17.9 Å². The van der Waals surface area contributed by atoms with Gasteiger partial charge in [-0.15, -0.1) is 0 Å². The Morgan fingerprint density at radius 1 is 1.14 bits per heavy atom. The fourth-order valence-electron chi connectivity index (χ4n) is 2.73. The molecule has 0 spiro atoms. The molecule has 0 saturated heterocycles. The van der Waals surface area contributed by atoms with E-state index in [1.807, 2.05) is 72.3 Å². The average molecular weight is 405 g/mol. The Morgan fingerprint density at radius 3 is 2.76 bits per heavy atom. The molecular weight excluding hydrogens is 386 g/mol. The van der Waals surface area contributed by atoms with E-state index in [1.54, 1.807) is 11.3 Å². The van der Waals surface area contributed by atoms with Crippen LogP contribution >= 0.6 is 11.3 Å². The van der Waals surface area contributed by atoms with Crippen LogP contribution in [0.25, 0.3) is 11.4 Å². The van der Waals surface area contributed by atoms with E-state index >= 15 is 0 Å². The standard InChI is InChI=1S/C22H19N3O3S/c1-15-3-2-4-19(13-15)27-18-7-5-17(6-8-18)23-20(26)9-10-21-24-22(25-28-21)16-11-12-29-14-16/h2-8,11-14H,9-10H2,1H3,(H,23,26). The van der Waals surface area contributed by atoms with Crippen molar-refractivity contribution in [3.63, 3.8) is 0 Å². The maximum Gasteiger partial charge on any atom is 0.227 e. The molecule has 0 aliphatic rings. The second-order valence-electron chi connectivity index (χ2n) is 6.51. The number of aromatic nitrogens is 2. The highest BCUT2D eigenvalue weighted by Crippen LogP contribution is 2.24.